The topological polar surface area (TPSA) is 55.8 Å². The quantitative estimate of drug-likeness (QED) is 0.906. The molecule has 0 aliphatic rings. The molecule has 1 aromatic carbocycles. The van der Waals surface area contributed by atoms with Crippen molar-refractivity contribution in [2.75, 3.05) is 14.2 Å². The van der Waals surface area contributed by atoms with Crippen LogP contribution in [0.15, 0.2) is 12.1 Å². The SMILES string of the molecule is COc1cc(CC(C)C(=O)O)c(C(F)(F)F)cc1OC. The fraction of sp³-hybridized carbons (Fsp3) is 0.462. The van der Waals surface area contributed by atoms with Crippen LogP contribution in [0.5, 0.6) is 11.5 Å². The summed E-state index contributed by atoms with van der Waals surface area (Å²) in [6.45, 7) is 1.35. The van der Waals surface area contributed by atoms with Gasteiger partial charge in [-0.25, -0.2) is 0 Å². The van der Waals surface area contributed by atoms with Gasteiger partial charge < -0.3 is 14.6 Å². The average Bonchev–Trinajstić information content (AvgIpc) is 2.36. The summed E-state index contributed by atoms with van der Waals surface area (Å²) in [5.41, 5.74) is -1.05. The Morgan fingerprint density at radius 3 is 2.15 bits per heavy atom. The van der Waals surface area contributed by atoms with Gasteiger partial charge in [-0.2, -0.15) is 13.2 Å². The molecule has 1 atom stereocenters. The molecule has 0 aliphatic carbocycles. The van der Waals surface area contributed by atoms with Gasteiger partial charge in [0, 0.05) is 0 Å². The Hall–Kier alpha value is -1.92. The number of ether oxygens (including phenoxy) is 2. The number of aliphatic carboxylic acids is 1. The van der Waals surface area contributed by atoms with E-state index in [1.165, 1.54) is 27.2 Å². The Bertz CT molecular complexity index is 497. The highest BCUT2D eigenvalue weighted by Crippen LogP contribution is 2.39. The molecule has 0 amide bonds. The van der Waals surface area contributed by atoms with E-state index in [0.717, 1.165) is 6.07 Å². The van der Waals surface area contributed by atoms with Crippen molar-refractivity contribution in [3.8, 4) is 11.5 Å². The molecule has 1 N–H and O–H groups in total. The highest BCUT2D eigenvalue weighted by Gasteiger charge is 2.35. The van der Waals surface area contributed by atoms with Gasteiger partial charge in [0.25, 0.3) is 0 Å². The number of halogens is 3. The molecule has 20 heavy (non-hydrogen) atoms. The number of carbonyl (C=O) groups is 1. The molecular weight excluding hydrogens is 277 g/mol. The zero-order valence-electron chi connectivity index (χ0n) is 11.2. The van der Waals surface area contributed by atoms with Gasteiger partial charge in [0.2, 0.25) is 0 Å². The highest BCUT2D eigenvalue weighted by atomic mass is 19.4. The number of hydrogen-bond acceptors (Lipinski definition) is 3. The Balaban J connectivity index is 3.35. The molecule has 1 rings (SSSR count). The van der Waals surface area contributed by atoms with E-state index in [4.69, 9.17) is 14.6 Å². The summed E-state index contributed by atoms with van der Waals surface area (Å²) in [6.07, 6.45) is -4.84. The summed E-state index contributed by atoms with van der Waals surface area (Å²) in [7, 11) is 2.53. The Labute approximate surface area is 114 Å². The minimum absolute atomic E-state index is 0.0495. The summed E-state index contributed by atoms with van der Waals surface area (Å²) in [5.74, 6) is -2.01. The molecule has 0 bridgehead atoms. The molecule has 0 aromatic heterocycles. The molecule has 1 unspecified atom stereocenters. The highest BCUT2D eigenvalue weighted by molar-refractivity contribution is 5.70. The van der Waals surface area contributed by atoms with Gasteiger partial charge in [-0.3, -0.25) is 4.79 Å². The summed E-state index contributed by atoms with van der Waals surface area (Å²) in [5, 5.41) is 8.83. The maximum atomic E-state index is 13.0. The molecule has 4 nitrogen and oxygen atoms in total. The lowest BCUT2D eigenvalue weighted by atomic mass is 9.96. The maximum Gasteiger partial charge on any atom is 0.416 e. The van der Waals surface area contributed by atoms with Crippen molar-refractivity contribution in [2.45, 2.75) is 19.5 Å². The minimum Gasteiger partial charge on any atom is -0.493 e. The van der Waals surface area contributed by atoms with Crippen LogP contribution in [0.25, 0.3) is 0 Å². The van der Waals surface area contributed by atoms with Crippen molar-refractivity contribution in [1.29, 1.82) is 0 Å². The van der Waals surface area contributed by atoms with Crippen LogP contribution in [0.3, 0.4) is 0 Å². The van der Waals surface area contributed by atoms with Gasteiger partial charge in [-0.05, 0) is 24.1 Å². The second-order valence-corrected chi connectivity index (χ2v) is 4.31. The molecule has 112 valence electrons. The van der Waals surface area contributed by atoms with E-state index >= 15 is 0 Å². The summed E-state index contributed by atoms with van der Waals surface area (Å²) in [4.78, 5) is 10.8. The fourth-order valence-electron chi connectivity index (χ4n) is 1.77. The van der Waals surface area contributed by atoms with Crippen molar-refractivity contribution in [2.24, 2.45) is 5.92 Å². The number of rotatable bonds is 5. The summed E-state index contributed by atoms with van der Waals surface area (Å²) < 4.78 is 48.8. The van der Waals surface area contributed by atoms with Crippen LogP contribution >= 0.6 is 0 Å². The molecule has 0 aliphatic heterocycles. The van der Waals surface area contributed by atoms with E-state index in [1.807, 2.05) is 0 Å². The van der Waals surface area contributed by atoms with Crippen LogP contribution in [0.2, 0.25) is 0 Å². The molecule has 0 spiro atoms. The third-order valence-electron chi connectivity index (χ3n) is 2.86. The maximum absolute atomic E-state index is 13.0. The van der Waals surface area contributed by atoms with Crippen molar-refractivity contribution < 1.29 is 32.5 Å². The summed E-state index contributed by atoms with van der Waals surface area (Å²) in [6, 6.07) is 1.99. The van der Waals surface area contributed by atoms with E-state index in [1.54, 1.807) is 0 Å². The lowest BCUT2D eigenvalue weighted by Gasteiger charge is -2.18. The van der Waals surface area contributed by atoms with E-state index in [0.29, 0.717) is 0 Å². The van der Waals surface area contributed by atoms with Gasteiger partial charge >= 0.3 is 12.1 Å². The molecule has 0 saturated carbocycles. The minimum atomic E-state index is -4.59. The second-order valence-electron chi connectivity index (χ2n) is 4.31. The Kier molecular flexibility index (Phi) is 4.86. The number of alkyl halides is 3. The zero-order chi connectivity index (χ0) is 15.5. The molecule has 0 fully saturated rings. The van der Waals surface area contributed by atoms with Gasteiger partial charge in [-0.15, -0.1) is 0 Å². The monoisotopic (exact) mass is 292 g/mol. The molecule has 1 aromatic rings. The van der Waals surface area contributed by atoms with Gasteiger partial charge in [-0.1, -0.05) is 6.92 Å². The van der Waals surface area contributed by atoms with Crippen LogP contribution in [-0.2, 0) is 17.4 Å². The zero-order valence-corrected chi connectivity index (χ0v) is 11.2. The van der Waals surface area contributed by atoms with Crippen molar-refractivity contribution in [1.82, 2.24) is 0 Å². The smallest absolute Gasteiger partial charge is 0.416 e. The number of carboxylic acids is 1. The standard InChI is InChI=1S/C13H15F3O4/c1-7(12(17)18)4-8-5-10(19-2)11(20-3)6-9(8)13(14,15)16/h5-7H,4H2,1-3H3,(H,17,18). The molecule has 0 heterocycles. The van der Waals surface area contributed by atoms with Gasteiger partial charge in [0.15, 0.2) is 11.5 Å². The normalized spacial score (nSPS) is 12.9. The predicted octanol–water partition coefficient (Wildman–Crippen LogP) is 2.99. The molecule has 0 saturated heterocycles. The fourth-order valence-corrected chi connectivity index (χ4v) is 1.77. The van der Waals surface area contributed by atoms with E-state index in [-0.39, 0.29) is 23.5 Å². The average molecular weight is 292 g/mol. The third kappa shape index (κ3) is 3.55. The number of methoxy groups -OCH3 is 2. The first-order chi connectivity index (χ1) is 9.20. The van der Waals surface area contributed by atoms with Crippen LogP contribution in [0.1, 0.15) is 18.1 Å². The largest absolute Gasteiger partial charge is 0.493 e. The Morgan fingerprint density at radius 1 is 1.25 bits per heavy atom. The first kappa shape index (κ1) is 16.1. The molecular formula is C13H15F3O4. The van der Waals surface area contributed by atoms with Gasteiger partial charge in [0.05, 0.1) is 25.7 Å². The van der Waals surface area contributed by atoms with E-state index in [2.05, 4.69) is 0 Å². The first-order valence-corrected chi connectivity index (χ1v) is 5.75. The van der Waals surface area contributed by atoms with E-state index < -0.39 is 23.6 Å². The van der Waals surface area contributed by atoms with Crippen molar-refractivity contribution >= 4 is 5.97 Å². The number of hydrogen-bond donors (Lipinski definition) is 1. The number of benzene rings is 1. The lowest BCUT2D eigenvalue weighted by molar-refractivity contribution is -0.142. The van der Waals surface area contributed by atoms with Crippen LogP contribution in [-0.4, -0.2) is 25.3 Å². The van der Waals surface area contributed by atoms with E-state index in [9.17, 15) is 18.0 Å². The first-order valence-electron chi connectivity index (χ1n) is 5.75. The molecule has 0 radical (unpaired) electrons. The van der Waals surface area contributed by atoms with Gasteiger partial charge in [0.1, 0.15) is 0 Å². The summed E-state index contributed by atoms with van der Waals surface area (Å²) >= 11 is 0. The van der Waals surface area contributed by atoms with Crippen molar-refractivity contribution in [3.63, 3.8) is 0 Å². The second kappa shape index (κ2) is 6.02. The van der Waals surface area contributed by atoms with Crippen LogP contribution < -0.4 is 9.47 Å². The third-order valence-corrected chi connectivity index (χ3v) is 2.86. The van der Waals surface area contributed by atoms with Crippen LogP contribution in [0.4, 0.5) is 13.2 Å². The predicted molar refractivity (Wildman–Crippen MR) is 65.1 cm³/mol. The Morgan fingerprint density at radius 2 is 1.75 bits per heavy atom. The lowest BCUT2D eigenvalue weighted by Crippen LogP contribution is -2.17. The van der Waals surface area contributed by atoms with Crippen LogP contribution in [0, 0.1) is 5.92 Å². The van der Waals surface area contributed by atoms with Crippen molar-refractivity contribution in [3.05, 3.63) is 23.3 Å². The molecule has 7 heteroatoms. The number of carboxylic acid groups (broad SMARTS) is 1.